The zero-order valence-corrected chi connectivity index (χ0v) is 14.0. The van der Waals surface area contributed by atoms with Crippen LogP contribution in [0.4, 0.5) is 0 Å². The lowest BCUT2D eigenvalue weighted by molar-refractivity contribution is -0.120. The number of amides is 1. The Kier molecular flexibility index (Phi) is 6.50. The van der Waals surface area contributed by atoms with Crippen molar-refractivity contribution in [3.8, 4) is 11.5 Å². The molecule has 1 amide bonds. The van der Waals surface area contributed by atoms with E-state index in [1.807, 2.05) is 25.1 Å². The number of ether oxygens (including phenoxy) is 3. The van der Waals surface area contributed by atoms with E-state index in [2.05, 4.69) is 10.6 Å². The minimum Gasteiger partial charge on any atom is -0.454 e. The van der Waals surface area contributed by atoms with Crippen LogP contribution in [0.5, 0.6) is 11.5 Å². The Morgan fingerprint density at radius 3 is 2.96 bits per heavy atom. The first-order chi connectivity index (χ1) is 10.7. The van der Waals surface area contributed by atoms with Crippen LogP contribution in [0, 0.1) is 0 Å². The van der Waals surface area contributed by atoms with Gasteiger partial charge < -0.3 is 24.8 Å². The van der Waals surface area contributed by atoms with Gasteiger partial charge in [-0.15, -0.1) is 12.4 Å². The largest absolute Gasteiger partial charge is 0.454 e. The molecule has 128 valence electrons. The van der Waals surface area contributed by atoms with Crippen molar-refractivity contribution in [3.05, 3.63) is 23.8 Å². The van der Waals surface area contributed by atoms with Crippen molar-refractivity contribution in [3.63, 3.8) is 0 Å². The van der Waals surface area contributed by atoms with E-state index < -0.39 is 0 Å². The number of benzene rings is 1. The molecule has 2 aliphatic rings. The standard InChI is InChI=1S/C16H22N2O4.ClH/c1-11(12-4-5-14-15(7-12)22-10-21-14)18-16(19)9-17-8-13-3-2-6-20-13;/h4-5,7,11,13,17H,2-3,6,8-10H2,1H3,(H,18,19);1H. The van der Waals surface area contributed by atoms with Crippen LogP contribution >= 0.6 is 12.4 Å². The molecule has 0 aliphatic carbocycles. The molecule has 2 heterocycles. The number of fused-ring (bicyclic) bond motifs is 1. The highest BCUT2D eigenvalue weighted by Gasteiger charge is 2.18. The first kappa shape index (κ1) is 17.8. The molecule has 6 nitrogen and oxygen atoms in total. The van der Waals surface area contributed by atoms with Crippen molar-refractivity contribution in [1.82, 2.24) is 10.6 Å². The molecule has 0 spiro atoms. The summed E-state index contributed by atoms with van der Waals surface area (Å²) >= 11 is 0. The Bertz CT molecular complexity index is 535. The van der Waals surface area contributed by atoms with E-state index in [0.29, 0.717) is 6.54 Å². The summed E-state index contributed by atoms with van der Waals surface area (Å²) < 4.78 is 16.1. The Hall–Kier alpha value is -1.50. The summed E-state index contributed by atoms with van der Waals surface area (Å²) in [4.78, 5) is 12.0. The predicted molar refractivity (Wildman–Crippen MR) is 88.2 cm³/mol. The van der Waals surface area contributed by atoms with Crippen LogP contribution in [-0.4, -0.2) is 38.5 Å². The number of hydrogen-bond donors (Lipinski definition) is 2. The molecule has 23 heavy (non-hydrogen) atoms. The van der Waals surface area contributed by atoms with Gasteiger partial charge in [0.1, 0.15) is 0 Å². The van der Waals surface area contributed by atoms with E-state index in [4.69, 9.17) is 14.2 Å². The van der Waals surface area contributed by atoms with E-state index in [1.165, 1.54) is 0 Å². The average molecular weight is 343 g/mol. The first-order valence-electron chi connectivity index (χ1n) is 7.73. The molecule has 1 aromatic rings. The summed E-state index contributed by atoms with van der Waals surface area (Å²) in [5.74, 6) is 1.46. The van der Waals surface area contributed by atoms with Gasteiger partial charge in [-0.3, -0.25) is 4.79 Å². The monoisotopic (exact) mass is 342 g/mol. The quantitative estimate of drug-likeness (QED) is 0.824. The molecule has 1 fully saturated rings. The van der Waals surface area contributed by atoms with Gasteiger partial charge in [-0.05, 0) is 37.5 Å². The second-order valence-electron chi connectivity index (χ2n) is 5.67. The minimum atomic E-state index is -0.0773. The third-order valence-corrected chi connectivity index (χ3v) is 3.96. The molecule has 7 heteroatoms. The normalized spacial score (nSPS) is 20.0. The zero-order valence-electron chi connectivity index (χ0n) is 13.2. The van der Waals surface area contributed by atoms with E-state index in [9.17, 15) is 4.79 Å². The lowest BCUT2D eigenvalue weighted by atomic mass is 10.1. The summed E-state index contributed by atoms with van der Waals surface area (Å²) in [5.41, 5.74) is 0.997. The van der Waals surface area contributed by atoms with Crippen molar-refractivity contribution in [2.24, 2.45) is 0 Å². The molecular weight excluding hydrogens is 320 g/mol. The van der Waals surface area contributed by atoms with Gasteiger partial charge >= 0.3 is 0 Å². The van der Waals surface area contributed by atoms with Gasteiger partial charge in [-0.2, -0.15) is 0 Å². The van der Waals surface area contributed by atoms with Crippen LogP contribution in [-0.2, 0) is 9.53 Å². The number of hydrogen-bond acceptors (Lipinski definition) is 5. The lowest BCUT2D eigenvalue weighted by Crippen LogP contribution is -2.38. The summed E-state index contributed by atoms with van der Waals surface area (Å²) in [6.07, 6.45) is 2.43. The zero-order chi connectivity index (χ0) is 15.4. The smallest absolute Gasteiger partial charge is 0.234 e. The SMILES string of the molecule is CC(NC(=O)CNCC1CCCO1)c1ccc2c(c1)OCO2.Cl. The highest BCUT2D eigenvalue weighted by molar-refractivity contribution is 5.85. The van der Waals surface area contributed by atoms with Gasteiger partial charge in [-0.1, -0.05) is 6.07 Å². The van der Waals surface area contributed by atoms with Crippen LogP contribution in [0.1, 0.15) is 31.4 Å². The minimum absolute atomic E-state index is 0. The summed E-state index contributed by atoms with van der Waals surface area (Å²) in [7, 11) is 0. The summed E-state index contributed by atoms with van der Waals surface area (Å²) in [6.45, 7) is 4.07. The molecule has 1 aromatic carbocycles. The molecule has 2 unspecified atom stereocenters. The summed E-state index contributed by atoms with van der Waals surface area (Å²) in [6, 6.07) is 5.65. The van der Waals surface area contributed by atoms with E-state index in [0.717, 1.165) is 43.1 Å². The third-order valence-electron chi connectivity index (χ3n) is 3.96. The molecule has 0 aromatic heterocycles. The summed E-state index contributed by atoms with van der Waals surface area (Å²) in [5, 5.41) is 6.12. The molecule has 2 N–H and O–H groups in total. The fourth-order valence-electron chi connectivity index (χ4n) is 2.71. The number of nitrogens with one attached hydrogen (secondary N) is 2. The van der Waals surface area contributed by atoms with Crippen LogP contribution in [0.2, 0.25) is 0 Å². The average Bonchev–Trinajstić information content (AvgIpc) is 3.17. The van der Waals surface area contributed by atoms with Crippen molar-refractivity contribution in [2.75, 3.05) is 26.5 Å². The second-order valence-corrected chi connectivity index (χ2v) is 5.67. The highest BCUT2D eigenvalue weighted by Crippen LogP contribution is 2.34. The Balaban J connectivity index is 0.00000192. The molecule has 2 aliphatic heterocycles. The predicted octanol–water partition coefficient (Wildman–Crippen LogP) is 1.78. The fourth-order valence-corrected chi connectivity index (χ4v) is 2.71. The van der Waals surface area contributed by atoms with Crippen molar-refractivity contribution in [2.45, 2.75) is 31.9 Å². The van der Waals surface area contributed by atoms with Gasteiger partial charge in [0.15, 0.2) is 11.5 Å². The lowest BCUT2D eigenvalue weighted by Gasteiger charge is -2.16. The Labute approximate surface area is 142 Å². The number of carbonyl (C=O) groups excluding carboxylic acids is 1. The molecule has 0 saturated carbocycles. The van der Waals surface area contributed by atoms with Crippen LogP contribution in [0.15, 0.2) is 18.2 Å². The van der Waals surface area contributed by atoms with E-state index in [-0.39, 0.29) is 37.3 Å². The maximum absolute atomic E-state index is 12.0. The van der Waals surface area contributed by atoms with E-state index in [1.54, 1.807) is 0 Å². The van der Waals surface area contributed by atoms with Crippen molar-refractivity contribution >= 4 is 18.3 Å². The topological polar surface area (TPSA) is 68.8 Å². The number of rotatable bonds is 6. The van der Waals surface area contributed by atoms with Gasteiger partial charge in [0.25, 0.3) is 0 Å². The molecule has 2 atom stereocenters. The second kappa shape index (κ2) is 8.38. The highest BCUT2D eigenvalue weighted by atomic mass is 35.5. The third kappa shape index (κ3) is 4.73. The molecule has 1 saturated heterocycles. The van der Waals surface area contributed by atoms with Crippen molar-refractivity contribution in [1.29, 1.82) is 0 Å². The molecule has 0 radical (unpaired) electrons. The number of carbonyl (C=O) groups is 1. The maximum atomic E-state index is 12.0. The van der Waals surface area contributed by atoms with E-state index >= 15 is 0 Å². The van der Waals surface area contributed by atoms with Gasteiger partial charge in [0, 0.05) is 13.2 Å². The Morgan fingerprint density at radius 2 is 2.17 bits per heavy atom. The fraction of sp³-hybridized carbons (Fsp3) is 0.562. The maximum Gasteiger partial charge on any atom is 0.234 e. The van der Waals surface area contributed by atoms with Gasteiger partial charge in [-0.25, -0.2) is 0 Å². The molecular formula is C16H23ClN2O4. The van der Waals surface area contributed by atoms with Gasteiger partial charge in [0.2, 0.25) is 12.7 Å². The molecule has 0 bridgehead atoms. The van der Waals surface area contributed by atoms with Crippen LogP contribution < -0.4 is 20.1 Å². The number of halogens is 1. The molecule has 3 rings (SSSR count). The Morgan fingerprint density at radius 1 is 1.35 bits per heavy atom. The first-order valence-corrected chi connectivity index (χ1v) is 7.73. The van der Waals surface area contributed by atoms with Crippen molar-refractivity contribution < 1.29 is 19.0 Å². The van der Waals surface area contributed by atoms with Gasteiger partial charge in [0.05, 0.1) is 18.7 Å². The van der Waals surface area contributed by atoms with Crippen LogP contribution in [0.25, 0.3) is 0 Å². The van der Waals surface area contributed by atoms with Crippen LogP contribution in [0.3, 0.4) is 0 Å².